The van der Waals surface area contributed by atoms with Crippen molar-refractivity contribution in [1.82, 2.24) is 4.57 Å². The van der Waals surface area contributed by atoms with E-state index in [2.05, 4.69) is 14.8 Å². The van der Waals surface area contributed by atoms with Crippen LogP contribution in [0.25, 0.3) is 0 Å². The van der Waals surface area contributed by atoms with Gasteiger partial charge in [-0.25, -0.2) is 13.3 Å². The second-order valence-electron chi connectivity index (χ2n) is 7.42. The van der Waals surface area contributed by atoms with E-state index >= 15 is 0 Å². The maximum atomic E-state index is 14.3. The van der Waals surface area contributed by atoms with Crippen molar-refractivity contribution < 1.29 is 37.2 Å². The topological polar surface area (TPSA) is 130 Å². The zero-order valence-corrected chi connectivity index (χ0v) is 18.0. The Morgan fingerprint density at radius 2 is 1.87 bits per heavy atom. The van der Waals surface area contributed by atoms with Gasteiger partial charge in [0.15, 0.2) is 16.4 Å². The molecule has 0 atom stereocenters. The third-order valence-corrected chi connectivity index (χ3v) is 4.71. The number of phosphoric ester groups is 1. The van der Waals surface area contributed by atoms with Gasteiger partial charge >= 0.3 is 7.82 Å². The minimum Gasteiger partial charge on any atom is -0.321 e. The van der Waals surface area contributed by atoms with E-state index < -0.39 is 49.3 Å². The van der Waals surface area contributed by atoms with Crippen molar-refractivity contribution >= 4 is 36.7 Å². The lowest BCUT2D eigenvalue weighted by molar-refractivity contribution is -0.117. The van der Waals surface area contributed by atoms with Gasteiger partial charge in [-0.3, -0.25) is 18.7 Å². The number of nitrogens with one attached hydrogen (secondary N) is 1. The lowest BCUT2D eigenvalue weighted by Gasteiger charge is -2.17. The molecule has 0 unspecified atom stereocenters. The Kier molecular flexibility index (Phi) is 7.43. The van der Waals surface area contributed by atoms with Crippen LogP contribution in [-0.4, -0.2) is 26.2 Å². The number of hydrogen-bond donors (Lipinski definition) is 3. The Bertz CT molecular complexity index is 1050. The van der Waals surface area contributed by atoms with Crippen molar-refractivity contribution in [3.63, 3.8) is 0 Å². The number of halogens is 2. The minimum absolute atomic E-state index is 0.00294. The number of aromatic nitrogens is 1. The number of rotatable bonds is 6. The number of carbonyl (C=O) groups excluding carboxylic acids is 2. The number of anilines is 1. The summed E-state index contributed by atoms with van der Waals surface area (Å²) in [6, 6.07) is 1.48. The second-order valence-corrected chi connectivity index (χ2v) is 9.53. The first kappa shape index (κ1) is 24.0. The molecule has 1 heterocycles. The molecule has 0 aliphatic carbocycles. The van der Waals surface area contributed by atoms with Crippen LogP contribution in [-0.2, 0) is 20.6 Å². The number of thiazole rings is 1. The first-order chi connectivity index (χ1) is 13.7. The Morgan fingerprint density at radius 3 is 2.40 bits per heavy atom. The fourth-order valence-electron chi connectivity index (χ4n) is 2.26. The van der Waals surface area contributed by atoms with E-state index in [1.807, 2.05) is 0 Å². The Hall–Kier alpha value is -2.24. The maximum Gasteiger partial charge on any atom is 0.471 e. The van der Waals surface area contributed by atoms with Gasteiger partial charge in [0.2, 0.25) is 5.91 Å². The van der Waals surface area contributed by atoms with Crippen molar-refractivity contribution in [3.8, 4) is 0 Å². The quantitative estimate of drug-likeness (QED) is 0.565. The van der Waals surface area contributed by atoms with Crippen LogP contribution >= 0.6 is 19.2 Å². The first-order valence-corrected chi connectivity index (χ1v) is 10.9. The number of benzene rings is 1. The summed E-state index contributed by atoms with van der Waals surface area (Å²) < 4.78 is 44.9. The van der Waals surface area contributed by atoms with E-state index in [9.17, 15) is 22.9 Å². The maximum absolute atomic E-state index is 14.3. The van der Waals surface area contributed by atoms with Crippen molar-refractivity contribution in [2.75, 3.05) is 5.32 Å². The molecule has 3 N–H and O–H groups in total. The highest BCUT2D eigenvalue weighted by Crippen LogP contribution is 2.35. The third kappa shape index (κ3) is 7.22. The van der Waals surface area contributed by atoms with E-state index in [4.69, 9.17) is 9.79 Å². The van der Waals surface area contributed by atoms with E-state index in [1.165, 1.54) is 11.6 Å². The number of hydrogen-bond acceptors (Lipinski definition) is 5. The van der Waals surface area contributed by atoms with Crippen LogP contribution in [0.15, 0.2) is 28.7 Å². The number of carbonyl (C=O) groups is 2. The lowest BCUT2D eigenvalue weighted by atomic mass is 9.92. The molecule has 2 aromatic rings. The monoisotopic (exact) mass is 463 g/mol. The molecular formula is C17H20F2N3O6PS. The highest BCUT2D eigenvalue weighted by molar-refractivity contribution is 7.46. The average molecular weight is 463 g/mol. The highest BCUT2D eigenvalue weighted by Gasteiger charge is 2.21. The van der Waals surface area contributed by atoms with Gasteiger partial charge in [-0.05, 0) is 17.5 Å². The molecule has 9 nitrogen and oxygen atoms in total. The van der Waals surface area contributed by atoms with Gasteiger partial charge < -0.3 is 15.1 Å². The molecule has 2 amide bonds. The predicted molar refractivity (Wildman–Crippen MR) is 104 cm³/mol. The van der Waals surface area contributed by atoms with Crippen LogP contribution in [0.4, 0.5) is 14.5 Å². The number of phosphoric acid groups is 1. The molecule has 30 heavy (non-hydrogen) atoms. The Labute approximate surface area is 174 Å². The molecule has 0 bridgehead atoms. The molecule has 0 radical (unpaired) electrons. The normalized spacial score (nSPS) is 12.8. The summed E-state index contributed by atoms with van der Waals surface area (Å²) in [6.45, 7) is 4.81. The predicted octanol–water partition coefficient (Wildman–Crippen LogP) is 3.01. The molecule has 0 spiro atoms. The van der Waals surface area contributed by atoms with Crippen LogP contribution in [0.2, 0.25) is 0 Å². The smallest absolute Gasteiger partial charge is 0.321 e. The summed E-state index contributed by atoms with van der Waals surface area (Å²) >= 11 is 0.946. The largest absolute Gasteiger partial charge is 0.471 e. The van der Waals surface area contributed by atoms with Crippen molar-refractivity contribution in [2.45, 2.75) is 33.9 Å². The lowest BCUT2D eigenvalue weighted by Crippen LogP contribution is -2.21. The summed E-state index contributed by atoms with van der Waals surface area (Å²) in [5.41, 5.74) is -1.46. The second kappa shape index (κ2) is 9.27. The van der Waals surface area contributed by atoms with E-state index in [-0.39, 0.29) is 16.6 Å². The summed E-state index contributed by atoms with van der Waals surface area (Å²) in [5.74, 6) is -3.85. The van der Waals surface area contributed by atoms with Crippen LogP contribution in [0.3, 0.4) is 0 Å². The Morgan fingerprint density at radius 1 is 1.27 bits per heavy atom. The van der Waals surface area contributed by atoms with Crippen LogP contribution < -0.4 is 10.1 Å². The first-order valence-electron chi connectivity index (χ1n) is 8.47. The summed E-state index contributed by atoms with van der Waals surface area (Å²) in [7, 11) is -4.74. The summed E-state index contributed by atoms with van der Waals surface area (Å²) in [6.07, 6.45) is 1.40. The van der Waals surface area contributed by atoms with Gasteiger partial charge in [-0.15, -0.1) is 11.3 Å². The summed E-state index contributed by atoms with van der Waals surface area (Å²) in [4.78, 5) is 45.4. The molecule has 2 rings (SSSR count). The highest BCUT2D eigenvalue weighted by atomic mass is 32.1. The number of nitrogens with zero attached hydrogens (tertiary/aromatic N) is 2. The van der Waals surface area contributed by atoms with Crippen molar-refractivity contribution in [2.24, 2.45) is 10.4 Å². The van der Waals surface area contributed by atoms with Crippen LogP contribution in [0, 0.1) is 17.0 Å². The van der Waals surface area contributed by atoms with Gasteiger partial charge in [-0.1, -0.05) is 20.8 Å². The van der Waals surface area contributed by atoms with Crippen LogP contribution in [0.1, 0.15) is 37.6 Å². The van der Waals surface area contributed by atoms with Gasteiger partial charge in [0.05, 0.1) is 0 Å². The van der Waals surface area contributed by atoms with E-state index in [0.29, 0.717) is 0 Å². The molecule has 0 saturated heterocycles. The fraction of sp³-hybridized carbons (Fsp3) is 0.353. The molecule has 0 aliphatic rings. The van der Waals surface area contributed by atoms with E-state index in [0.717, 1.165) is 28.0 Å². The average Bonchev–Trinajstić information content (AvgIpc) is 3.01. The minimum atomic E-state index is -4.74. The van der Waals surface area contributed by atoms with Gasteiger partial charge in [0.1, 0.15) is 12.4 Å². The fourth-order valence-corrected chi connectivity index (χ4v) is 3.24. The zero-order valence-electron chi connectivity index (χ0n) is 16.3. The molecule has 0 aliphatic heterocycles. The summed E-state index contributed by atoms with van der Waals surface area (Å²) in [5, 5.41) is 3.64. The van der Waals surface area contributed by atoms with Gasteiger partial charge in [-0.2, -0.15) is 4.99 Å². The van der Waals surface area contributed by atoms with Crippen LogP contribution in [0.5, 0.6) is 0 Å². The standard InChI is InChI=1S/C17H20F2N3O6PS/c1-17(2,3)8-13(23)20-14-11(18)6-10(7-12(14)19)15(24)21-16-22(4-5-30-16)9-28-29(25,26)27/h4-7H,8-9H2,1-3H3,(H,20,23)(H2,25,26,27)/b21-16-. The molecular weight excluding hydrogens is 443 g/mol. The van der Waals surface area contributed by atoms with Gasteiger partial charge in [0, 0.05) is 23.6 Å². The molecule has 0 fully saturated rings. The van der Waals surface area contributed by atoms with E-state index in [1.54, 1.807) is 20.8 Å². The van der Waals surface area contributed by atoms with Gasteiger partial charge in [0.25, 0.3) is 5.91 Å². The third-order valence-electron chi connectivity index (χ3n) is 3.47. The molecule has 164 valence electrons. The van der Waals surface area contributed by atoms with Crippen molar-refractivity contribution in [1.29, 1.82) is 0 Å². The molecule has 0 saturated carbocycles. The zero-order chi connectivity index (χ0) is 22.7. The van der Waals surface area contributed by atoms with Crippen molar-refractivity contribution in [3.05, 3.63) is 45.7 Å². The molecule has 13 heteroatoms. The Balaban J connectivity index is 2.24. The molecule has 1 aromatic heterocycles. The molecule has 1 aromatic carbocycles. The number of amides is 2. The SMILES string of the molecule is CC(C)(C)CC(=O)Nc1c(F)cc(C(=O)/N=c2\sccn2COP(=O)(O)O)cc1F.